The quantitative estimate of drug-likeness (QED) is 0.814. The van der Waals surface area contributed by atoms with E-state index in [9.17, 15) is 14.7 Å². The highest BCUT2D eigenvalue weighted by Gasteiger charge is 2.20. The third-order valence-corrected chi connectivity index (χ3v) is 3.81. The van der Waals surface area contributed by atoms with Crippen molar-refractivity contribution in [3.05, 3.63) is 64.2 Å². The fourth-order valence-corrected chi connectivity index (χ4v) is 2.26. The fourth-order valence-electron chi connectivity index (χ4n) is 2.06. The molecular weight excluding hydrogens is 330 g/mol. The number of aromatic hydroxyl groups is 1. The Morgan fingerprint density at radius 3 is 2.62 bits per heavy atom. The van der Waals surface area contributed by atoms with Gasteiger partial charge in [-0.2, -0.15) is 0 Å². The SMILES string of the molecule is Cc1ccc(C(=O)O[C@@H](C)C(=O)NCc2ccccc2Cl)c(O)c1. The number of benzene rings is 2. The van der Waals surface area contributed by atoms with Crippen LogP contribution in [0.3, 0.4) is 0 Å². The molecule has 0 radical (unpaired) electrons. The molecule has 0 unspecified atom stereocenters. The Morgan fingerprint density at radius 1 is 1.25 bits per heavy atom. The van der Waals surface area contributed by atoms with Gasteiger partial charge in [0.05, 0.1) is 0 Å². The largest absolute Gasteiger partial charge is 0.507 e. The Hall–Kier alpha value is -2.53. The molecule has 2 N–H and O–H groups in total. The monoisotopic (exact) mass is 347 g/mol. The van der Waals surface area contributed by atoms with Crippen molar-refractivity contribution in [2.45, 2.75) is 26.5 Å². The van der Waals surface area contributed by atoms with Crippen LogP contribution in [0.5, 0.6) is 5.75 Å². The molecule has 0 heterocycles. The zero-order valence-corrected chi connectivity index (χ0v) is 14.1. The lowest BCUT2D eigenvalue weighted by Gasteiger charge is -2.14. The number of nitrogens with one attached hydrogen (secondary N) is 1. The van der Waals surface area contributed by atoms with Crippen LogP contribution in [0.25, 0.3) is 0 Å². The molecule has 0 aliphatic heterocycles. The molecule has 0 saturated heterocycles. The number of amides is 1. The molecule has 2 rings (SSSR count). The van der Waals surface area contributed by atoms with Crippen LogP contribution in [0, 0.1) is 6.92 Å². The number of carbonyl (C=O) groups is 2. The Bertz CT molecular complexity index is 760. The highest BCUT2D eigenvalue weighted by molar-refractivity contribution is 6.31. The highest BCUT2D eigenvalue weighted by atomic mass is 35.5. The predicted molar refractivity (Wildman–Crippen MR) is 91.0 cm³/mol. The summed E-state index contributed by atoms with van der Waals surface area (Å²) in [6.07, 6.45) is -0.999. The van der Waals surface area contributed by atoms with Gasteiger partial charge in [0.15, 0.2) is 6.10 Å². The summed E-state index contributed by atoms with van der Waals surface area (Å²) >= 11 is 6.02. The molecule has 0 spiro atoms. The molecule has 0 aliphatic rings. The number of esters is 1. The highest BCUT2D eigenvalue weighted by Crippen LogP contribution is 2.20. The molecule has 0 aromatic heterocycles. The summed E-state index contributed by atoms with van der Waals surface area (Å²) in [7, 11) is 0. The Balaban J connectivity index is 1.93. The van der Waals surface area contributed by atoms with E-state index in [-0.39, 0.29) is 17.9 Å². The molecule has 126 valence electrons. The summed E-state index contributed by atoms with van der Waals surface area (Å²) < 4.78 is 5.09. The number of rotatable bonds is 5. The van der Waals surface area contributed by atoms with Crippen molar-refractivity contribution in [2.75, 3.05) is 0 Å². The van der Waals surface area contributed by atoms with E-state index in [0.29, 0.717) is 5.02 Å². The van der Waals surface area contributed by atoms with Gasteiger partial charge in [-0.25, -0.2) is 4.79 Å². The van der Waals surface area contributed by atoms with E-state index in [0.717, 1.165) is 11.1 Å². The molecule has 2 aromatic rings. The molecule has 6 heteroatoms. The van der Waals surface area contributed by atoms with Gasteiger partial charge < -0.3 is 15.2 Å². The third kappa shape index (κ3) is 4.49. The molecule has 0 bridgehead atoms. The van der Waals surface area contributed by atoms with E-state index in [1.165, 1.54) is 19.1 Å². The van der Waals surface area contributed by atoms with Crippen LogP contribution >= 0.6 is 11.6 Å². The summed E-state index contributed by atoms with van der Waals surface area (Å²) in [4.78, 5) is 24.1. The van der Waals surface area contributed by atoms with E-state index in [1.807, 2.05) is 6.07 Å². The molecule has 0 fully saturated rings. The fraction of sp³-hybridized carbons (Fsp3) is 0.222. The van der Waals surface area contributed by atoms with Crippen molar-refractivity contribution >= 4 is 23.5 Å². The second kappa shape index (κ2) is 7.84. The van der Waals surface area contributed by atoms with Crippen molar-refractivity contribution in [3.8, 4) is 5.75 Å². The van der Waals surface area contributed by atoms with Crippen LogP contribution in [0.4, 0.5) is 0 Å². The maximum Gasteiger partial charge on any atom is 0.342 e. The van der Waals surface area contributed by atoms with Crippen molar-refractivity contribution in [2.24, 2.45) is 0 Å². The minimum atomic E-state index is -0.999. The van der Waals surface area contributed by atoms with Gasteiger partial charge in [0, 0.05) is 11.6 Å². The molecule has 1 amide bonds. The normalized spacial score (nSPS) is 11.6. The van der Waals surface area contributed by atoms with E-state index in [1.54, 1.807) is 31.2 Å². The van der Waals surface area contributed by atoms with Gasteiger partial charge in [-0.05, 0) is 43.2 Å². The number of halogens is 1. The number of hydrogen-bond acceptors (Lipinski definition) is 4. The third-order valence-electron chi connectivity index (χ3n) is 3.44. The summed E-state index contributed by atoms with van der Waals surface area (Å²) in [6, 6.07) is 11.7. The topological polar surface area (TPSA) is 75.6 Å². The first-order chi connectivity index (χ1) is 11.4. The molecule has 0 saturated carbocycles. The number of carbonyl (C=O) groups excluding carboxylic acids is 2. The van der Waals surface area contributed by atoms with E-state index < -0.39 is 18.0 Å². The molecular formula is C18H18ClNO4. The minimum Gasteiger partial charge on any atom is -0.507 e. The maximum atomic E-state index is 12.0. The van der Waals surface area contributed by atoms with Gasteiger partial charge in [-0.15, -0.1) is 0 Å². The van der Waals surface area contributed by atoms with E-state index >= 15 is 0 Å². The lowest BCUT2D eigenvalue weighted by molar-refractivity contribution is -0.129. The van der Waals surface area contributed by atoms with Crippen LogP contribution in [-0.4, -0.2) is 23.1 Å². The number of phenols is 1. The Morgan fingerprint density at radius 2 is 1.96 bits per heavy atom. The smallest absolute Gasteiger partial charge is 0.342 e. The second-order valence-corrected chi connectivity index (χ2v) is 5.78. The van der Waals surface area contributed by atoms with Crippen LogP contribution < -0.4 is 5.32 Å². The minimum absolute atomic E-state index is 0.0198. The summed E-state index contributed by atoms with van der Waals surface area (Å²) in [5.74, 6) is -1.38. The summed E-state index contributed by atoms with van der Waals surface area (Å²) in [6.45, 7) is 3.49. The maximum absolute atomic E-state index is 12.0. The van der Waals surface area contributed by atoms with Gasteiger partial charge in [-0.1, -0.05) is 35.9 Å². The van der Waals surface area contributed by atoms with Crippen LogP contribution in [0.2, 0.25) is 5.02 Å². The lowest BCUT2D eigenvalue weighted by Crippen LogP contribution is -2.35. The van der Waals surface area contributed by atoms with Crippen LogP contribution in [-0.2, 0) is 16.1 Å². The van der Waals surface area contributed by atoms with Gasteiger partial charge in [0.1, 0.15) is 11.3 Å². The van der Waals surface area contributed by atoms with Gasteiger partial charge >= 0.3 is 5.97 Å². The lowest BCUT2D eigenvalue weighted by atomic mass is 10.1. The first kappa shape index (κ1) is 17.8. The van der Waals surface area contributed by atoms with Crippen molar-refractivity contribution in [3.63, 3.8) is 0 Å². The summed E-state index contributed by atoms with van der Waals surface area (Å²) in [5, 5.41) is 13.0. The number of aryl methyl sites for hydroxylation is 1. The van der Waals surface area contributed by atoms with Gasteiger partial charge in [0.2, 0.25) is 0 Å². The zero-order valence-electron chi connectivity index (χ0n) is 13.4. The van der Waals surface area contributed by atoms with Crippen molar-refractivity contribution in [1.29, 1.82) is 0 Å². The average Bonchev–Trinajstić information content (AvgIpc) is 2.53. The standard InChI is InChI=1S/C18H18ClNO4/c1-11-7-8-14(16(21)9-11)18(23)24-12(2)17(22)20-10-13-5-3-4-6-15(13)19/h3-9,12,21H,10H2,1-2H3,(H,20,22)/t12-/m0/s1. The molecule has 2 aromatic carbocycles. The molecule has 5 nitrogen and oxygen atoms in total. The summed E-state index contributed by atoms with van der Waals surface area (Å²) in [5.41, 5.74) is 1.60. The number of ether oxygens (including phenoxy) is 1. The predicted octanol–water partition coefficient (Wildman–Crippen LogP) is 3.22. The van der Waals surface area contributed by atoms with Gasteiger partial charge in [-0.3, -0.25) is 4.79 Å². The van der Waals surface area contributed by atoms with Crippen LogP contribution in [0.15, 0.2) is 42.5 Å². The van der Waals surface area contributed by atoms with E-state index in [4.69, 9.17) is 16.3 Å². The number of hydrogen-bond donors (Lipinski definition) is 2. The van der Waals surface area contributed by atoms with Crippen molar-refractivity contribution in [1.82, 2.24) is 5.32 Å². The average molecular weight is 348 g/mol. The van der Waals surface area contributed by atoms with E-state index in [2.05, 4.69) is 5.32 Å². The van der Waals surface area contributed by atoms with Crippen molar-refractivity contribution < 1.29 is 19.4 Å². The number of phenolic OH excluding ortho intramolecular Hbond substituents is 1. The Labute approximate surface area is 145 Å². The molecule has 24 heavy (non-hydrogen) atoms. The first-order valence-electron chi connectivity index (χ1n) is 7.40. The second-order valence-electron chi connectivity index (χ2n) is 5.38. The van der Waals surface area contributed by atoms with Crippen LogP contribution in [0.1, 0.15) is 28.4 Å². The molecule has 0 aliphatic carbocycles. The zero-order chi connectivity index (χ0) is 17.7. The van der Waals surface area contributed by atoms with Gasteiger partial charge in [0.25, 0.3) is 5.91 Å². The Kier molecular flexibility index (Phi) is 5.82. The first-order valence-corrected chi connectivity index (χ1v) is 7.78. The molecule has 1 atom stereocenters.